The third kappa shape index (κ3) is 6.14. The van der Waals surface area contributed by atoms with E-state index in [0.29, 0.717) is 68.0 Å². The molecule has 2 heterocycles. The number of aromatic nitrogens is 2. The lowest BCUT2D eigenvalue weighted by Gasteiger charge is -2.35. The van der Waals surface area contributed by atoms with Gasteiger partial charge in [-0.25, -0.2) is 4.79 Å². The van der Waals surface area contributed by atoms with Gasteiger partial charge in [0, 0.05) is 43.5 Å². The van der Waals surface area contributed by atoms with E-state index in [2.05, 4.69) is 20.4 Å². The number of nitrogens with one attached hydrogen (secondary N) is 1. The van der Waals surface area contributed by atoms with Crippen LogP contribution in [-0.2, 0) is 0 Å². The van der Waals surface area contributed by atoms with Crippen LogP contribution < -0.4 is 29.2 Å². The Kier molecular flexibility index (Phi) is 8.50. The molecule has 2 amide bonds. The van der Waals surface area contributed by atoms with Gasteiger partial charge < -0.3 is 34.1 Å². The van der Waals surface area contributed by atoms with Gasteiger partial charge in [0.1, 0.15) is 11.5 Å². The van der Waals surface area contributed by atoms with Crippen LogP contribution in [-0.4, -0.2) is 74.7 Å². The first-order valence-electron chi connectivity index (χ1n) is 12.3. The summed E-state index contributed by atoms with van der Waals surface area (Å²) in [7, 11) is 3.24. The number of hydrogen-bond acceptors (Lipinski definition) is 8. The van der Waals surface area contributed by atoms with Gasteiger partial charge in [0.05, 0.1) is 33.1 Å². The largest absolute Gasteiger partial charge is 0.497 e. The van der Waals surface area contributed by atoms with Gasteiger partial charge in [0.15, 0.2) is 17.3 Å². The first-order chi connectivity index (χ1) is 18.1. The van der Waals surface area contributed by atoms with Crippen molar-refractivity contribution in [3.8, 4) is 34.3 Å². The second-order valence-electron chi connectivity index (χ2n) is 8.27. The van der Waals surface area contributed by atoms with E-state index in [0.717, 1.165) is 17.1 Å². The van der Waals surface area contributed by atoms with Gasteiger partial charge in [0.25, 0.3) is 0 Å². The molecule has 37 heavy (non-hydrogen) atoms. The van der Waals surface area contributed by atoms with E-state index in [1.807, 2.05) is 56.3 Å². The van der Waals surface area contributed by atoms with Crippen molar-refractivity contribution in [3.63, 3.8) is 0 Å². The molecule has 0 aliphatic carbocycles. The van der Waals surface area contributed by atoms with E-state index in [1.54, 1.807) is 25.2 Å². The average Bonchev–Trinajstić information content (AvgIpc) is 2.94. The molecule has 196 valence electrons. The second kappa shape index (κ2) is 12.2. The van der Waals surface area contributed by atoms with Gasteiger partial charge in [-0.15, -0.1) is 10.2 Å². The summed E-state index contributed by atoms with van der Waals surface area (Å²) in [5.74, 6) is 3.45. The van der Waals surface area contributed by atoms with Crippen molar-refractivity contribution in [2.75, 3.05) is 63.8 Å². The van der Waals surface area contributed by atoms with Gasteiger partial charge >= 0.3 is 6.03 Å². The molecule has 1 saturated heterocycles. The standard InChI is InChI=1S/C27H33N5O5/c1-5-36-24-10-7-19(17-25(24)37-6-2)28-27(33)32-15-13-31(14-16-32)26-12-9-22(29-30-26)21-18-20(34-3)8-11-23(21)35-4/h7-12,17-18H,5-6,13-16H2,1-4H3,(H,28,33). The Morgan fingerprint density at radius 1 is 0.838 bits per heavy atom. The van der Waals surface area contributed by atoms with Crippen LogP contribution >= 0.6 is 0 Å². The van der Waals surface area contributed by atoms with Crippen LogP contribution in [0, 0.1) is 0 Å². The number of benzene rings is 2. The molecule has 10 heteroatoms. The second-order valence-corrected chi connectivity index (χ2v) is 8.27. The SMILES string of the molecule is CCOc1ccc(NC(=O)N2CCN(c3ccc(-c4cc(OC)ccc4OC)nn3)CC2)cc1OCC. The molecule has 3 aromatic rings. The fraction of sp³-hybridized carbons (Fsp3) is 0.370. The molecule has 4 rings (SSSR count). The van der Waals surface area contributed by atoms with Crippen LogP contribution in [0.4, 0.5) is 16.3 Å². The zero-order chi connectivity index (χ0) is 26.2. The fourth-order valence-electron chi connectivity index (χ4n) is 4.12. The maximum absolute atomic E-state index is 12.9. The predicted molar refractivity (Wildman–Crippen MR) is 142 cm³/mol. The number of ether oxygens (including phenoxy) is 4. The summed E-state index contributed by atoms with van der Waals surface area (Å²) in [5.41, 5.74) is 2.16. The number of carbonyl (C=O) groups excluding carboxylic acids is 1. The number of methoxy groups -OCH3 is 2. The molecule has 1 aliphatic heterocycles. The zero-order valence-electron chi connectivity index (χ0n) is 21.7. The summed E-state index contributed by atoms with van der Waals surface area (Å²) in [6, 6.07) is 14.7. The summed E-state index contributed by atoms with van der Waals surface area (Å²) >= 11 is 0. The summed E-state index contributed by atoms with van der Waals surface area (Å²) in [4.78, 5) is 16.8. The first kappa shape index (κ1) is 25.9. The summed E-state index contributed by atoms with van der Waals surface area (Å²) in [5, 5.41) is 11.8. The molecule has 0 unspecified atom stereocenters. The van der Waals surface area contributed by atoms with Crippen molar-refractivity contribution < 1.29 is 23.7 Å². The average molecular weight is 508 g/mol. The topological polar surface area (TPSA) is 98.3 Å². The number of nitrogens with zero attached hydrogens (tertiary/aromatic N) is 4. The molecule has 2 aromatic carbocycles. The van der Waals surface area contributed by atoms with E-state index >= 15 is 0 Å². The van der Waals surface area contributed by atoms with E-state index in [-0.39, 0.29) is 6.03 Å². The lowest BCUT2D eigenvalue weighted by Crippen LogP contribution is -2.50. The van der Waals surface area contributed by atoms with Gasteiger partial charge in [-0.3, -0.25) is 0 Å². The number of piperazine rings is 1. The van der Waals surface area contributed by atoms with Gasteiger partial charge in [-0.05, 0) is 56.3 Å². The lowest BCUT2D eigenvalue weighted by atomic mass is 10.1. The Balaban J connectivity index is 1.36. The fourth-order valence-corrected chi connectivity index (χ4v) is 4.12. The molecule has 1 fully saturated rings. The maximum atomic E-state index is 12.9. The molecule has 1 aliphatic rings. The number of rotatable bonds is 9. The van der Waals surface area contributed by atoms with Crippen molar-refractivity contribution in [1.29, 1.82) is 0 Å². The van der Waals surface area contributed by atoms with Crippen LogP contribution in [0.2, 0.25) is 0 Å². The molecule has 1 N–H and O–H groups in total. The van der Waals surface area contributed by atoms with Crippen molar-refractivity contribution >= 4 is 17.5 Å². The summed E-state index contributed by atoms with van der Waals surface area (Å²) in [6.45, 7) is 7.31. The van der Waals surface area contributed by atoms with E-state index < -0.39 is 0 Å². The number of hydrogen-bond donors (Lipinski definition) is 1. The van der Waals surface area contributed by atoms with E-state index in [1.165, 1.54) is 0 Å². The van der Waals surface area contributed by atoms with E-state index in [4.69, 9.17) is 18.9 Å². The third-order valence-corrected chi connectivity index (χ3v) is 6.02. The van der Waals surface area contributed by atoms with Crippen molar-refractivity contribution in [2.45, 2.75) is 13.8 Å². The molecule has 1 aromatic heterocycles. The van der Waals surface area contributed by atoms with Crippen LogP contribution in [0.5, 0.6) is 23.0 Å². The Labute approximate surface area is 217 Å². The van der Waals surface area contributed by atoms with Crippen molar-refractivity contribution in [2.24, 2.45) is 0 Å². The lowest BCUT2D eigenvalue weighted by molar-refractivity contribution is 0.208. The zero-order valence-corrected chi connectivity index (χ0v) is 21.7. The van der Waals surface area contributed by atoms with Crippen molar-refractivity contribution in [3.05, 3.63) is 48.5 Å². The third-order valence-electron chi connectivity index (χ3n) is 6.02. The summed E-state index contributed by atoms with van der Waals surface area (Å²) in [6.07, 6.45) is 0. The highest BCUT2D eigenvalue weighted by atomic mass is 16.5. The number of anilines is 2. The molecule has 0 radical (unpaired) electrons. The predicted octanol–water partition coefficient (Wildman–Crippen LogP) is 4.31. The van der Waals surface area contributed by atoms with Gasteiger partial charge in [-0.1, -0.05) is 0 Å². The molecular weight excluding hydrogens is 474 g/mol. The van der Waals surface area contributed by atoms with Gasteiger partial charge in [-0.2, -0.15) is 0 Å². The van der Waals surface area contributed by atoms with Crippen LogP contribution in [0.25, 0.3) is 11.3 Å². The molecule has 0 spiro atoms. The molecule has 0 bridgehead atoms. The highest BCUT2D eigenvalue weighted by molar-refractivity contribution is 5.90. The van der Waals surface area contributed by atoms with Crippen LogP contribution in [0.3, 0.4) is 0 Å². The van der Waals surface area contributed by atoms with E-state index in [9.17, 15) is 4.79 Å². The quantitative estimate of drug-likeness (QED) is 0.458. The van der Waals surface area contributed by atoms with Crippen LogP contribution in [0.1, 0.15) is 13.8 Å². The number of urea groups is 1. The molecule has 0 saturated carbocycles. The smallest absolute Gasteiger partial charge is 0.321 e. The normalized spacial score (nSPS) is 13.2. The maximum Gasteiger partial charge on any atom is 0.321 e. The minimum atomic E-state index is -0.155. The minimum Gasteiger partial charge on any atom is -0.497 e. The monoisotopic (exact) mass is 507 g/mol. The number of amides is 2. The Morgan fingerprint density at radius 2 is 1.57 bits per heavy atom. The molecule has 0 atom stereocenters. The molecule has 10 nitrogen and oxygen atoms in total. The van der Waals surface area contributed by atoms with Gasteiger partial charge in [0.2, 0.25) is 0 Å². The molecular formula is C27H33N5O5. The van der Waals surface area contributed by atoms with Crippen molar-refractivity contribution in [1.82, 2.24) is 15.1 Å². The Hall–Kier alpha value is -4.21. The highest BCUT2D eigenvalue weighted by Crippen LogP contribution is 2.33. The highest BCUT2D eigenvalue weighted by Gasteiger charge is 2.23. The Bertz CT molecular complexity index is 1200. The Morgan fingerprint density at radius 3 is 2.22 bits per heavy atom. The minimum absolute atomic E-state index is 0.155. The summed E-state index contributed by atoms with van der Waals surface area (Å²) < 4.78 is 22.1. The van der Waals surface area contributed by atoms with Crippen LogP contribution in [0.15, 0.2) is 48.5 Å². The first-order valence-corrected chi connectivity index (χ1v) is 12.3. The number of carbonyl (C=O) groups is 1.